The van der Waals surface area contributed by atoms with Gasteiger partial charge in [0.1, 0.15) is 0 Å². The Kier molecular flexibility index (Phi) is 4.80. The Morgan fingerprint density at radius 2 is 2.00 bits per heavy atom. The molecular weight excluding hydrogens is 345 g/mol. The van der Waals surface area contributed by atoms with Gasteiger partial charge in [-0.3, -0.25) is 4.79 Å². The number of nitrogens with one attached hydrogen (secondary N) is 2. The molecule has 136 valence electrons. The highest BCUT2D eigenvalue weighted by Gasteiger charge is 2.15. The lowest BCUT2D eigenvalue weighted by atomic mass is 9.99. The molecule has 1 amide bonds. The maximum absolute atomic E-state index is 13.6. The molecule has 0 aliphatic carbocycles. The van der Waals surface area contributed by atoms with E-state index in [-0.39, 0.29) is 17.5 Å². The number of aromatic nitrogens is 1. The van der Waals surface area contributed by atoms with Crippen molar-refractivity contribution in [2.45, 2.75) is 13.0 Å². The van der Waals surface area contributed by atoms with Crippen molar-refractivity contribution in [1.82, 2.24) is 10.3 Å². The first kappa shape index (κ1) is 17.2. The Morgan fingerprint density at radius 3 is 2.81 bits per heavy atom. The third kappa shape index (κ3) is 3.80. The first-order valence-corrected chi connectivity index (χ1v) is 8.72. The molecule has 0 bridgehead atoms. The molecule has 3 aromatic rings. The Morgan fingerprint density at radius 1 is 1.11 bits per heavy atom. The number of benzene rings is 2. The summed E-state index contributed by atoms with van der Waals surface area (Å²) in [6, 6.07) is 15.2. The van der Waals surface area contributed by atoms with Crippen LogP contribution in [0.1, 0.15) is 21.5 Å². The van der Waals surface area contributed by atoms with E-state index < -0.39 is 5.82 Å². The fourth-order valence-electron chi connectivity index (χ4n) is 3.06. The van der Waals surface area contributed by atoms with Gasteiger partial charge in [-0.25, -0.2) is 9.37 Å². The summed E-state index contributed by atoms with van der Waals surface area (Å²) < 4.78 is 19.1. The van der Waals surface area contributed by atoms with Gasteiger partial charge in [0.25, 0.3) is 5.91 Å². The predicted molar refractivity (Wildman–Crippen MR) is 101 cm³/mol. The van der Waals surface area contributed by atoms with Crippen LogP contribution < -0.4 is 15.4 Å². The molecule has 1 aliphatic rings. The lowest BCUT2D eigenvalue weighted by Gasteiger charge is -2.20. The van der Waals surface area contributed by atoms with Crippen LogP contribution in [0.5, 0.6) is 11.6 Å². The normalized spacial score (nSPS) is 12.9. The maximum atomic E-state index is 13.6. The lowest BCUT2D eigenvalue weighted by molar-refractivity contribution is 0.102. The molecule has 1 aromatic heterocycles. The number of rotatable bonds is 4. The van der Waals surface area contributed by atoms with Crippen molar-refractivity contribution in [3.63, 3.8) is 0 Å². The van der Waals surface area contributed by atoms with Gasteiger partial charge in [0, 0.05) is 24.5 Å². The minimum Gasteiger partial charge on any atom is -0.436 e. The third-order valence-electron chi connectivity index (χ3n) is 4.44. The molecule has 2 aromatic carbocycles. The molecule has 0 unspecified atom stereocenters. The average molecular weight is 363 g/mol. The average Bonchev–Trinajstić information content (AvgIpc) is 2.70. The fraction of sp³-hybridized carbons (Fsp3) is 0.143. The van der Waals surface area contributed by atoms with Gasteiger partial charge in [0.05, 0.1) is 5.56 Å². The number of pyridine rings is 1. The zero-order valence-corrected chi connectivity index (χ0v) is 14.5. The maximum Gasteiger partial charge on any atom is 0.257 e. The van der Waals surface area contributed by atoms with Crippen molar-refractivity contribution in [2.75, 3.05) is 11.9 Å². The Hall–Kier alpha value is -3.25. The summed E-state index contributed by atoms with van der Waals surface area (Å²) in [5.74, 6) is -0.400. The van der Waals surface area contributed by atoms with Gasteiger partial charge < -0.3 is 15.4 Å². The number of para-hydroxylation sites is 1. The van der Waals surface area contributed by atoms with Crippen molar-refractivity contribution in [3.05, 3.63) is 83.3 Å². The van der Waals surface area contributed by atoms with E-state index in [1.807, 2.05) is 12.1 Å². The van der Waals surface area contributed by atoms with E-state index in [9.17, 15) is 9.18 Å². The van der Waals surface area contributed by atoms with Crippen molar-refractivity contribution in [2.24, 2.45) is 0 Å². The summed E-state index contributed by atoms with van der Waals surface area (Å²) in [6.45, 7) is 1.70. The third-order valence-corrected chi connectivity index (χ3v) is 4.44. The van der Waals surface area contributed by atoms with Crippen LogP contribution in [-0.4, -0.2) is 17.4 Å². The van der Waals surface area contributed by atoms with Crippen LogP contribution in [0.2, 0.25) is 0 Å². The highest BCUT2D eigenvalue weighted by molar-refractivity contribution is 6.04. The van der Waals surface area contributed by atoms with E-state index in [1.54, 1.807) is 24.3 Å². The Balaban J connectivity index is 1.48. The molecule has 2 N–H and O–H groups in total. The molecule has 0 saturated heterocycles. The number of halogens is 1. The van der Waals surface area contributed by atoms with Crippen LogP contribution in [0.4, 0.5) is 10.1 Å². The topological polar surface area (TPSA) is 63.2 Å². The first-order valence-electron chi connectivity index (χ1n) is 8.72. The molecule has 27 heavy (non-hydrogen) atoms. The van der Waals surface area contributed by atoms with Gasteiger partial charge >= 0.3 is 0 Å². The molecule has 0 fully saturated rings. The molecule has 0 saturated carbocycles. The van der Waals surface area contributed by atoms with E-state index in [0.29, 0.717) is 5.56 Å². The number of ether oxygens (including phenoxy) is 1. The standard InChI is InChI=1S/C21H18FN3O2/c22-17-5-1-2-7-19(17)27-20-9-8-15(13-24-20)21(26)25-18-6-3-4-14-12-23-11-10-16(14)18/h1-9,13,23H,10-12H2,(H,25,26). The number of hydrogen-bond donors (Lipinski definition) is 2. The monoisotopic (exact) mass is 363 g/mol. The van der Waals surface area contributed by atoms with Crippen molar-refractivity contribution < 1.29 is 13.9 Å². The van der Waals surface area contributed by atoms with Crippen molar-refractivity contribution in [3.8, 4) is 11.6 Å². The number of carbonyl (C=O) groups excluding carboxylic acids is 1. The molecule has 0 radical (unpaired) electrons. The smallest absolute Gasteiger partial charge is 0.257 e. The number of fused-ring (bicyclic) bond motifs is 1. The second kappa shape index (κ2) is 7.55. The molecule has 6 heteroatoms. The fourth-order valence-corrected chi connectivity index (χ4v) is 3.06. The van der Waals surface area contributed by atoms with Crippen LogP contribution in [0.15, 0.2) is 60.8 Å². The summed E-state index contributed by atoms with van der Waals surface area (Å²) in [6.07, 6.45) is 2.29. The van der Waals surface area contributed by atoms with Crippen LogP contribution in [0.3, 0.4) is 0 Å². The van der Waals surface area contributed by atoms with Gasteiger partial charge in [-0.1, -0.05) is 24.3 Å². The zero-order chi connectivity index (χ0) is 18.6. The van der Waals surface area contributed by atoms with Crippen molar-refractivity contribution >= 4 is 11.6 Å². The summed E-state index contributed by atoms with van der Waals surface area (Å²) in [4.78, 5) is 16.7. The van der Waals surface area contributed by atoms with Gasteiger partial charge in [0.2, 0.25) is 5.88 Å². The lowest BCUT2D eigenvalue weighted by Crippen LogP contribution is -2.25. The Bertz CT molecular complexity index is 973. The predicted octanol–water partition coefficient (Wildman–Crippen LogP) is 3.91. The van der Waals surface area contributed by atoms with Gasteiger partial charge in [-0.05, 0) is 48.4 Å². The highest BCUT2D eigenvalue weighted by Crippen LogP contribution is 2.25. The second-order valence-electron chi connectivity index (χ2n) is 6.24. The number of anilines is 1. The largest absolute Gasteiger partial charge is 0.436 e. The number of carbonyl (C=O) groups is 1. The zero-order valence-electron chi connectivity index (χ0n) is 14.5. The van der Waals surface area contributed by atoms with E-state index in [4.69, 9.17) is 4.74 Å². The minimum absolute atomic E-state index is 0.0896. The Labute approximate surface area is 156 Å². The van der Waals surface area contributed by atoms with Gasteiger partial charge in [-0.2, -0.15) is 0 Å². The molecule has 2 heterocycles. The first-order chi connectivity index (χ1) is 13.2. The number of hydrogen-bond acceptors (Lipinski definition) is 4. The summed E-state index contributed by atoms with van der Waals surface area (Å²) in [5, 5.41) is 6.28. The van der Waals surface area contributed by atoms with Crippen LogP contribution in [-0.2, 0) is 13.0 Å². The highest BCUT2D eigenvalue weighted by atomic mass is 19.1. The van der Waals surface area contributed by atoms with Crippen molar-refractivity contribution in [1.29, 1.82) is 0 Å². The van der Waals surface area contributed by atoms with Crippen LogP contribution in [0.25, 0.3) is 0 Å². The van der Waals surface area contributed by atoms with Gasteiger partial charge in [0.15, 0.2) is 11.6 Å². The molecule has 0 spiro atoms. The van der Waals surface area contributed by atoms with Crippen LogP contribution in [0, 0.1) is 5.82 Å². The number of amides is 1. The van der Waals surface area contributed by atoms with Gasteiger partial charge in [-0.15, -0.1) is 0 Å². The number of nitrogens with zero attached hydrogens (tertiary/aromatic N) is 1. The molecule has 1 aliphatic heterocycles. The molecular formula is C21H18FN3O2. The summed E-state index contributed by atoms with van der Waals surface area (Å²) >= 11 is 0. The minimum atomic E-state index is -0.468. The van der Waals surface area contributed by atoms with E-state index >= 15 is 0 Å². The SMILES string of the molecule is O=C(Nc1cccc2c1CCNC2)c1ccc(Oc2ccccc2F)nc1. The van der Waals surface area contributed by atoms with E-state index in [0.717, 1.165) is 30.8 Å². The molecule has 0 atom stereocenters. The summed E-state index contributed by atoms with van der Waals surface area (Å²) in [7, 11) is 0. The van der Waals surface area contributed by atoms with E-state index in [1.165, 1.54) is 23.9 Å². The second-order valence-corrected chi connectivity index (χ2v) is 6.24. The summed E-state index contributed by atoms with van der Waals surface area (Å²) in [5.41, 5.74) is 3.59. The van der Waals surface area contributed by atoms with Crippen LogP contribution >= 0.6 is 0 Å². The molecule has 5 nitrogen and oxygen atoms in total. The quantitative estimate of drug-likeness (QED) is 0.738. The molecule has 4 rings (SSSR count). The van der Waals surface area contributed by atoms with E-state index in [2.05, 4.69) is 21.7 Å².